The Hall–Kier alpha value is -4.24. The predicted molar refractivity (Wildman–Crippen MR) is 171 cm³/mol. The summed E-state index contributed by atoms with van der Waals surface area (Å²) in [6.07, 6.45) is 0. The number of carbonyl (C=O) groups excluding carboxylic acids is 2. The molecule has 214 valence electrons. The van der Waals surface area contributed by atoms with Gasteiger partial charge in [0.15, 0.2) is 0 Å². The summed E-state index contributed by atoms with van der Waals surface area (Å²) in [4.78, 5) is 31.5. The third-order valence-corrected chi connectivity index (χ3v) is 8.62. The van der Waals surface area contributed by atoms with Crippen LogP contribution < -0.4 is 16.0 Å². The minimum absolute atomic E-state index is 0.150. The molecule has 1 fully saturated rings. The van der Waals surface area contributed by atoms with Crippen LogP contribution in [-0.2, 0) is 11.3 Å². The van der Waals surface area contributed by atoms with Crippen molar-refractivity contribution in [2.45, 2.75) is 19.5 Å². The number of benzene rings is 3. The molecule has 7 nitrogen and oxygen atoms in total. The van der Waals surface area contributed by atoms with E-state index in [9.17, 15) is 9.59 Å². The first-order valence-corrected chi connectivity index (χ1v) is 15.2. The molecule has 0 radical (unpaired) electrons. The molecule has 0 aliphatic carbocycles. The summed E-state index contributed by atoms with van der Waals surface area (Å²) < 4.78 is 0. The largest absolute Gasteiger partial charge is 0.354 e. The van der Waals surface area contributed by atoms with E-state index in [0.29, 0.717) is 22.4 Å². The predicted octanol–water partition coefficient (Wildman–Crippen LogP) is 5.92. The van der Waals surface area contributed by atoms with Crippen LogP contribution in [-0.4, -0.2) is 54.8 Å². The van der Waals surface area contributed by atoms with Gasteiger partial charge in [-0.15, -0.1) is 0 Å². The second-order valence-corrected chi connectivity index (χ2v) is 11.8. The molecule has 2 aliphatic heterocycles. The number of fused-ring (bicyclic) bond motifs is 1. The topological polar surface area (TPSA) is 76.7 Å². The molecule has 0 saturated carbocycles. The van der Waals surface area contributed by atoms with Gasteiger partial charge in [-0.25, -0.2) is 0 Å². The number of hydrogen-bond donors (Lipinski definition) is 3. The van der Waals surface area contributed by atoms with Gasteiger partial charge < -0.3 is 20.9 Å². The number of likely N-dealkylation sites (N-methyl/N-ethyl adjacent to an activating group) is 1. The zero-order chi connectivity index (χ0) is 29.1. The Morgan fingerprint density at radius 3 is 2.52 bits per heavy atom. The molecule has 4 aromatic rings. The molecule has 42 heavy (non-hydrogen) atoms. The quantitative estimate of drug-likeness (QED) is 0.227. The Balaban J connectivity index is 1.30. The van der Waals surface area contributed by atoms with Crippen LogP contribution in [0.2, 0.25) is 0 Å². The number of amides is 2. The average molecular weight is 578 g/mol. The molecule has 2 aliphatic rings. The lowest BCUT2D eigenvalue weighted by Gasteiger charge is -2.32. The van der Waals surface area contributed by atoms with Gasteiger partial charge in [0, 0.05) is 66.2 Å². The molecule has 3 N–H and O–H groups in total. The fourth-order valence-electron chi connectivity index (χ4n) is 5.50. The van der Waals surface area contributed by atoms with E-state index in [4.69, 9.17) is 0 Å². The standard InChI is InChI=1S/C34H35N5O2S/c1-23(25-8-4-3-5-9-25)35-33(40)26-11-12-30-29(20-26)31(34(41)37-30)32(27-13-18-42-22-27)36-28-10-6-7-24(19-28)21-39-16-14-38(2)15-17-39/h3-13,18-20,22-23,36H,14-17,21H2,1-2H3,(H,35,40)(H,37,41)/b32-31-/t23-/m1/s1. The monoisotopic (exact) mass is 577 g/mol. The summed E-state index contributed by atoms with van der Waals surface area (Å²) in [5.41, 5.74) is 7.26. The fourth-order valence-corrected chi connectivity index (χ4v) is 6.15. The number of thiophene rings is 1. The van der Waals surface area contributed by atoms with Crippen molar-refractivity contribution in [2.75, 3.05) is 43.9 Å². The van der Waals surface area contributed by atoms with E-state index >= 15 is 0 Å². The van der Waals surface area contributed by atoms with Gasteiger partial charge in [-0.2, -0.15) is 11.3 Å². The van der Waals surface area contributed by atoms with Gasteiger partial charge in [0.1, 0.15) is 0 Å². The normalized spacial score (nSPS) is 17.3. The van der Waals surface area contributed by atoms with Gasteiger partial charge in [0.25, 0.3) is 11.8 Å². The van der Waals surface area contributed by atoms with Gasteiger partial charge in [-0.3, -0.25) is 14.5 Å². The minimum Gasteiger partial charge on any atom is -0.354 e. The maximum Gasteiger partial charge on any atom is 0.258 e. The van der Waals surface area contributed by atoms with Crippen molar-refractivity contribution in [1.29, 1.82) is 0 Å². The Kier molecular flexibility index (Phi) is 8.19. The molecule has 0 bridgehead atoms. The van der Waals surface area contributed by atoms with Gasteiger partial charge in [-0.05, 0) is 66.9 Å². The van der Waals surface area contributed by atoms with Crippen LogP contribution in [0.1, 0.15) is 45.6 Å². The molecule has 6 rings (SSSR count). The zero-order valence-electron chi connectivity index (χ0n) is 23.9. The molecule has 1 atom stereocenters. The fraction of sp³-hybridized carbons (Fsp3) is 0.235. The van der Waals surface area contributed by atoms with E-state index in [2.05, 4.69) is 51.0 Å². The molecule has 1 saturated heterocycles. The Bertz CT molecular complexity index is 1610. The van der Waals surface area contributed by atoms with E-state index in [0.717, 1.165) is 55.2 Å². The van der Waals surface area contributed by atoms with Crippen LogP contribution in [0.3, 0.4) is 0 Å². The summed E-state index contributed by atoms with van der Waals surface area (Å²) in [5, 5.41) is 13.7. The van der Waals surface area contributed by atoms with Crippen molar-refractivity contribution >= 4 is 45.8 Å². The number of anilines is 2. The van der Waals surface area contributed by atoms with Crippen molar-refractivity contribution in [2.24, 2.45) is 0 Å². The lowest BCUT2D eigenvalue weighted by Crippen LogP contribution is -2.43. The summed E-state index contributed by atoms with van der Waals surface area (Å²) in [5.74, 6) is -0.378. The first kappa shape index (κ1) is 27.9. The molecule has 1 aromatic heterocycles. The van der Waals surface area contributed by atoms with E-state index in [1.54, 1.807) is 17.4 Å². The molecule has 0 unspecified atom stereocenters. The summed E-state index contributed by atoms with van der Waals surface area (Å²) in [6, 6.07) is 25.5. The smallest absolute Gasteiger partial charge is 0.258 e. The first-order chi connectivity index (χ1) is 20.4. The third-order valence-electron chi connectivity index (χ3n) is 7.93. The second kappa shape index (κ2) is 12.3. The van der Waals surface area contributed by atoms with Gasteiger partial charge in [0.2, 0.25) is 0 Å². The number of piperazine rings is 1. The third kappa shape index (κ3) is 6.16. The maximum atomic E-state index is 13.4. The average Bonchev–Trinajstić information content (AvgIpc) is 3.65. The van der Waals surface area contributed by atoms with Gasteiger partial charge in [-0.1, -0.05) is 42.5 Å². The van der Waals surface area contributed by atoms with Crippen molar-refractivity contribution in [3.05, 3.63) is 117 Å². The highest BCUT2D eigenvalue weighted by Crippen LogP contribution is 2.38. The van der Waals surface area contributed by atoms with Crippen molar-refractivity contribution < 1.29 is 9.59 Å². The molecule has 8 heteroatoms. The lowest BCUT2D eigenvalue weighted by molar-refractivity contribution is -0.110. The van der Waals surface area contributed by atoms with Crippen LogP contribution in [0.5, 0.6) is 0 Å². The van der Waals surface area contributed by atoms with Crippen LogP contribution in [0.25, 0.3) is 11.3 Å². The Morgan fingerprint density at radius 2 is 1.76 bits per heavy atom. The van der Waals surface area contributed by atoms with Crippen LogP contribution in [0.4, 0.5) is 11.4 Å². The molecule has 3 aromatic carbocycles. The summed E-state index contributed by atoms with van der Waals surface area (Å²) in [6.45, 7) is 7.10. The summed E-state index contributed by atoms with van der Waals surface area (Å²) in [7, 11) is 2.17. The Labute approximate surface area is 250 Å². The number of nitrogens with one attached hydrogen (secondary N) is 3. The van der Waals surface area contributed by atoms with Crippen molar-refractivity contribution in [3.8, 4) is 0 Å². The van der Waals surface area contributed by atoms with Gasteiger partial charge in [0.05, 0.1) is 17.3 Å². The van der Waals surface area contributed by atoms with E-state index in [1.165, 1.54) is 5.56 Å². The molecule has 0 spiro atoms. The van der Waals surface area contributed by atoms with E-state index in [1.807, 2.05) is 72.3 Å². The van der Waals surface area contributed by atoms with Crippen molar-refractivity contribution in [1.82, 2.24) is 15.1 Å². The van der Waals surface area contributed by atoms with Crippen LogP contribution in [0.15, 0.2) is 89.6 Å². The number of hydrogen-bond acceptors (Lipinski definition) is 6. The summed E-state index contributed by atoms with van der Waals surface area (Å²) >= 11 is 1.58. The Morgan fingerprint density at radius 1 is 0.952 bits per heavy atom. The highest BCUT2D eigenvalue weighted by Gasteiger charge is 2.30. The maximum absolute atomic E-state index is 13.4. The first-order valence-electron chi connectivity index (χ1n) is 14.3. The van der Waals surface area contributed by atoms with Crippen LogP contribution in [0, 0.1) is 0 Å². The number of carbonyl (C=O) groups is 2. The SMILES string of the molecule is C[C@@H](NC(=O)c1ccc2c(c1)/C(=C(/Nc1cccc(CN3CCN(C)CC3)c1)c1ccsc1)C(=O)N2)c1ccccc1. The van der Waals surface area contributed by atoms with Gasteiger partial charge >= 0.3 is 0 Å². The zero-order valence-corrected chi connectivity index (χ0v) is 24.7. The minimum atomic E-state index is -0.192. The highest BCUT2D eigenvalue weighted by molar-refractivity contribution is 7.08. The van der Waals surface area contributed by atoms with E-state index < -0.39 is 0 Å². The lowest BCUT2D eigenvalue weighted by atomic mass is 9.99. The van der Waals surface area contributed by atoms with Crippen molar-refractivity contribution in [3.63, 3.8) is 0 Å². The number of nitrogens with zero attached hydrogens (tertiary/aromatic N) is 2. The molecular weight excluding hydrogens is 542 g/mol. The molecule has 3 heterocycles. The highest BCUT2D eigenvalue weighted by atomic mass is 32.1. The van der Waals surface area contributed by atoms with E-state index in [-0.39, 0.29) is 17.9 Å². The molecule has 2 amide bonds. The number of rotatable bonds is 8. The van der Waals surface area contributed by atoms with Crippen LogP contribution >= 0.6 is 11.3 Å². The molecular formula is C34H35N5O2S. The second-order valence-electron chi connectivity index (χ2n) is 11.0.